The van der Waals surface area contributed by atoms with Crippen LogP contribution in [-0.2, 0) is 4.79 Å². The zero-order valence-corrected chi connectivity index (χ0v) is 10.7. The van der Waals surface area contributed by atoms with Gasteiger partial charge in [-0.1, -0.05) is 49.4 Å². The Morgan fingerprint density at radius 3 is 2.69 bits per heavy atom. The van der Waals surface area contributed by atoms with Crippen molar-refractivity contribution in [3.63, 3.8) is 0 Å². The van der Waals surface area contributed by atoms with Gasteiger partial charge in [0.25, 0.3) is 0 Å². The highest BCUT2D eigenvalue weighted by atomic mass is 32.2. The van der Waals surface area contributed by atoms with E-state index in [4.69, 9.17) is 0 Å². The fraction of sp³-hybridized carbons (Fsp3) is 0.357. The lowest BCUT2D eigenvalue weighted by atomic mass is 10.0. The molecule has 0 fully saturated rings. The highest BCUT2D eigenvalue weighted by molar-refractivity contribution is 7.98. The number of carbonyl (C=O) groups excluding carboxylic acids is 1. The van der Waals surface area contributed by atoms with Crippen LogP contribution in [0.5, 0.6) is 0 Å². The van der Waals surface area contributed by atoms with E-state index in [1.54, 1.807) is 11.8 Å². The monoisotopic (exact) mass is 234 g/mol. The van der Waals surface area contributed by atoms with E-state index >= 15 is 0 Å². The summed E-state index contributed by atoms with van der Waals surface area (Å²) in [5.74, 6) is 1.26. The van der Waals surface area contributed by atoms with Gasteiger partial charge >= 0.3 is 0 Å². The summed E-state index contributed by atoms with van der Waals surface area (Å²) in [4.78, 5) is 11.7. The predicted molar refractivity (Wildman–Crippen MR) is 72.6 cm³/mol. The molecule has 0 radical (unpaired) electrons. The van der Waals surface area contributed by atoms with E-state index < -0.39 is 0 Å². The number of carbonyl (C=O) groups is 1. The van der Waals surface area contributed by atoms with Crippen molar-refractivity contribution in [2.45, 2.75) is 13.3 Å². The maximum Gasteiger partial charge on any atom is 0.140 e. The Labute approximate surface area is 102 Å². The van der Waals surface area contributed by atoms with Crippen molar-refractivity contribution < 1.29 is 4.79 Å². The quantitative estimate of drug-likeness (QED) is 0.747. The minimum atomic E-state index is 0.0207. The number of rotatable bonds is 6. The Morgan fingerprint density at radius 1 is 1.38 bits per heavy atom. The third-order valence-electron chi connectivity index (χ3n) is 2.44. The number of allylic oxidation sites excluding steroid dienone is 1. The van der Waals surface area contributed by atoms with Crippen LogP contribution in [-0.4, -0.2) is 17.8 Å². The Hall–Kier alpha value is -1.02. The molecule has 16 heavy (non-hydrogen) atoms. The third-order valence-corrected chi connectivity index (χ3v) is 3.05. The number of ketones is 1. The Bertz CT molecular complexity index is 343. The standard InChI is InChI=1S/C14H18OS/c1-12(14(15)10-11-16-2)8-9-13-6-4-3-5-7-13/h3-9,12H,10-11H2,1-2H3/b9-8+. The molecule has 0 aliphatic carbocycles. The molecule has 0 bridgehead atoms. The van der Waals surface area contributed by atoms with E-state index in [9.17, 15) is 4.79 Å². The number of hydrogen-bond donors (Lipinski definition) is 0. The molecule has 0 heterocycles. The third kappa shape index (κ3) is 4.67. The van der Waals surface area contributed by atoms with E-state index in [1.807, 2.05) is 55.7 Å². The maximum atomic E-state index is 11.7. The van der Waals surface area contributed by atoms with Gasteiger partial charge < -0.3 is 0 Å². The second kappa shape index (κ2) is 7.29. The van der Waals surface area contributed by atoms with Crippen molar-refractivity contribution in [1.82, 2.24) is 0 Å². The lowest BCUT2D eigenvalue weighted by Gasteiger charge is -2.04. The van der Waals surface area contributed by atoms with Crippen LogP contribution in [0.15, 0.2) is 36.4 Å². The summed E-state index contributed by atoms with van der Waals surface area (Å²) in [6.45, 7) is 1.96. The largest absolute Gasteiger partial charge is 0.299 e. The SMILES string of the molecule is CSCCC(=O)C(C)/C=C/c1ccccc1. The molecule has 1 atom stereocenters. The van der Waals surface area contributed by atoms with Crippen LogP contribution in [0.4, 0.5) is 0 Å². The average molecular weight is 234 g/mol. The molecular formula is C14H18OS. The number of benzene rings is 1. The van der Waals surface area contributed by atoms with Gasteiger partial charge in [-0.2, -0.15) is 11.8 Å². The minimum absolute atomic E-state index is 0.0207. The van der Waals surface area contributed by atoms with Crippen LogP contribution in [0, 0.1) is 5.92 Å². The van der Waals surface area contributed by atoms with Crippen molar-refractivity contribution in [3.8, 4) is 0 Å². The van der Waals surface area contributed by atoms with Crippen LogP contribution >= 0.6 is 11.8 Å². The van der Waals surface area contributed by atoms with Gasteiger partial charge in [0.15, 0.2) is 0 Å². The molecule has 1 unspecified atom stereocenters. The molecular weight excluding hydrogens is 216 g/mol. The summed E-state index contributed by atoms with van der Waals surface area (Å²) in [7, 11) is 0. The van der Waals surface area contributed by atoms with Gasteiger partial charge in [0.05, 0.1) is 0 Å². The summed E-state index contributed by atoms with van der Waals surface area (Å²) >= 11 is 1.72. The highest BCUT2D eigenvalue weighted by Crippen LogP contribution is 2.09. The Balaban J connectivity index is 2.47. The van der Waals surface area contributed by atoms with Crippen LogP contribution in [0.25, 0.3) is 6.08 Å². The highest BCUT2D eigenvalue weighted by Gasteiger charge is 2.08. The molecule has 0 saturated heterocycles. The zero-order chi connectivity index (χ0) is 11.8. The minimum Gasteiger partial charge on any atom is -0.299 e. The summed E-state index contributed by atoms with van der Waals surface area (Å²) in [5, 5.41) is 0. The first-order valence-electron chi connectivity index (χ1n) is 5.49. The lowest BCUT2D eigenvalue weighted by molar-refractivity contribution is -0.120. The summed E-state index contributed by atoms with van der Waals surface area (Å²) in [5.41, 5.74) is 1.15. The summed E-state index contributed by atoms with van der Waals surface area (Å²) < 4.78 is 0. The molecule has 1 rings (SSSR count). The molecule has 2 heteroatoms. The topological polar surface area (TPSA) is 17.1 Å². The average Bonchev–Trinajstić information content (AvgIpc) is 2.34. The van der Waals surface area contributed by atoms with Crippen molar-refractivity contribution in [3.05, 3.63) is 42.0 Å². The van der Waals surface area contributed by atoms with Crippen molar-refractivity contribution >= 4 is 23.6 Å². The smallest absolute Gasteiger partial charge is 0.140 e. The summed E-state index contributed by atoms with van der Waals surface area (Å²) in [6.07, 6.45) is 6.69. The van der Waals surface area contributed by atoms with Crippen molar-refractivity contribution in [2.75, 3.05) is 12.0 Å². The van der Waals surface area contributed by atoms with Crippen molar-refractivity contribution in [2.24, 2.45) is 5.92 Å². The van der Waals surface area contributed by atoms with Gasteiger partial charge in [-0.25, -0.2) is 0 Å². The molecule has 1 aromatic carbocycles. The molecule has 0 aromatic heterocycles. The van der Waals surface area contributed by atoms with Gasteiger partial charge in [0.1, 0.15) is 5.78 Å². The summed E-state index contributed by atoms with van der Waals surface area (Å²) in [6, 6.07) is 10.1. The van der Waals surface area contributed by atoms with E-state index in [0.29, 0.717) is 12.2 Å². The van der Waals surface area contributed by atoms with Crippen LogP contribution in [0.2, 0.25) is 0 Å². The van der Waals surface area contributed by atoms with Crippen LogP contribution in [0.1, 0.15) is 18.9 Å². The molecule has 0 N–H and O–H groups in total. The molecule has 0 amide bonds. The first-order valence-corrected chi connectivity index (χ1v) is 6.88. The van der Waals surface area contributed by atoms with Gasteiger partial charge in [0.2, 0.25) is 0 Å². The van der Waals surface area contributed by atoms with Crippen LogP contribution in [0.3, 0.4) is 0 Å². The fourth-order valence-corrected chi connectivity index (χ4v) is 1.76. The van der Waals surface area contributed by atoms with Gasteiger partial charge in [-0.3, -0.25) is 4.79 Å². The molecule has 86 valence electrons. The Morgan fingerprint density at radius 2 is 2.06 bits per heavy atom. The van der Waals surface area contributed by atoms with Gasteiger partial charge in [-0.15, -0.1) is 0 Å². The second-order valence-corrected chi connectivity index (χ2v) is 4.75. The molecule has 0 aliphatic rings. The molecule has 1 nitrogen and oxygen atoms in total. The first-order chi connectivity index (χ1) is 7.74. The first kappa shape index (κ1) is 13.0. The predicted octanol–water partition coefficient (Wildman–Crippen LogP) is 3.66. The second-order valence-electron chi connectivity index (χ2n) is 3.77. The molecule has 0 spiro atoms. The van der Waals surface area contributed by atoms with Gasteiger partial charge in [-0.05, 0) is 17.6 Å². The van der Waals surface area contributed by atoms with Crippen molar-refractivity contribution in [1.29, 1.82) is 0 Å². The molecule has 0 saturated carbocycles. The fourth-order valence-electron chi connectivity index (χ4n) is 1.36. The number of thioether (sulfide) groups is 1. The molecule has 0 aliphatic heterocycles. The number of hydrogen-bond acceptors (Lipinski definition) is 2. The van der Waals surface area contributed by atoms with Gasteiger partial charge in [0, 0.05) is 12.3 Å². The normalized spacial score (nSPS) is 12.9. The lowest BCUT2D eigenvalue weighted by Crippen LogP contribution is -2.08. The Kier molecular flexibility index (Phi) is 5.94. The zero-order valence-electron chi connectivity index (χ0n) is 9.85. The van der Waals surface area contributed by atoms with E-state index in [1.165, 1.54) is 0 Å². The maximum absolute atomic E-state index is 11.7. The van der Waals surface area contributed by atoms with E-state index in [0.717, 1.165) is 11.3 Å². The molecule has 1 aromatic rings. The van der Waals surface area contributed by atoms with E-state index in [2.05, 4.69) is 0 Å². The van der Waals surface area contributed by atoms with E-state index in [-0.39, 0.29) is 5.92 Å². The number of Topliss-reactive ketones (excluding diaryl/α,β-unsaturated/α-hetero) is 1. The van der Waals surface area contributed by atoms with Crippen LogP contribution < -0.4 is 0 Å².